The van der Waals surface area contributed by atoms with Gasteiger partial charge in [-0.15, -0.1) is 12.4 Å². The maximum absolute atomic E-state index is 11.7. The number of carbonyl (C=O) groups is 1. The Balaban J connectivity index is 0.00000243. The average molecular weight is 382 g/mol. The van der Waals surface area contributed by atoms with Gasteiger partial charge in [-0.05, 0) is 43.7 Å². The second-order valence-corrected chi connectivity index (χ2v) is 6.58. The number of benzene rings is 1. The van der Waals surface area contributed by atoms with Crippen molar-refractivity contribution in [1.82, 2.24) is 10.2 Å². The van der Waals surface area contributed by atoms with Crippen LogP contribution in [0.15, 0.2) is 28.7 Å². The van der Waals surface area contributed by atoms with Gasteiger partial charge >= 0.3 is 0 Å². The molecule has 0 bridgehead atoms. The molecule has 2 heterocycles. The van der Waals surface area contributed by atoms with Gasteiger partial charge < -0.3 is 20.2 Å². The van der Waals surface area contributed by atoms with E-state index in [1.165, 1.54) is 12.8 Å². The molecule has 1 aliphatic heterocycles. The van der Waals surface area contributed by atoms with Crippen LogP contribution >= 0.6 is 12.4 Å². The first-order valence-corrected chi connectivity index (χ1v) is 8.97. The summed E-state index contributed by atoms with van der Waals surface area (Å²) in [6.45, 7) is 2.85. The first-order valence-electron chi connectivity index (χ1n) is 8.97. The SMILES string of the molecule is COc1ccc2oc(CN3CCCCC3CNC(=O)CCN)cc2c1.Cl. The van der Waals surface area contributed by atoms with Crippen LogP contribution in [-0.4, -0.2) is 43.6 Å². The Kier molecular flexibility index (Phi) is 7.75. The summed E-state index contributed by atoms with van der Waals surface area (Å²) in [5.74, 6) is 1.81. The third-order valence-electron chi connectivity index (χ3n) is 4.79. The predicted molar refractivity (Wildman–Crippen MR) is 105 cm³/mol. The summed E-state index contributed by atoms with van der Waals surface area (Å²) in [7, 11) is 1.67. The number of halogens is 1. The molecular weight excluding hydrogens is 354 g/mol. The van der Waals surface area contributed by atoms with Gasteiger partial charge in [0.25, 0.3) is 0 Å². The smallest absolute Gasteiger partial charge is 0.221 e. The lowest BCUT2D eigenvalue weighted by Crippen LogP contribution is -2.46. The molecule has 1 fully saturated rings. The van der Waals surface area contributed by atoms with Crippen molar-refractivity contribution in [2.45, 2.75) is 38.3 Å². The van der Waals surface area contributed by atoms with E-state index in [9.17, 15) is 4.79 Å². The molecule has 144 valence electrons. The minimum Gasteiger partial charge on any atom is -0.497 e. The lowest BCUT2D eigenvalue weighted by Gasteiger charge is -2.35. The Morgan fingerprint density at radius 1 is 1.38 bits per heavy atom. The van der Waals surface area contributed by atoms with Crippen LogP contribution in [0.4, 0.5) is 0 Å². The van der Waals surface area contributed by atoms with Crippen LogP contribution in [0.1, 0.15) is 31.4 Å². The Labute approximate surface area is 160 Å². The van der Waals surface area contributed by atoms with E-state index in [-0.39, 0.29) is 18.3 Å². The predicted octanol–water partition coefficient (Wildman–Crippen LogP) is 2.68. The highest BCUT2D eigenvalue weighted by molar-refractivity contribution is 5.85. The van der Waals surface area contributed by atoms with E-state index < -0.39 is 0 Å². The van der Waals surface area contributed by atoms with Gasteiger partial charge in [0, 0.05) is 30.9 Å². The first kappa shape index (κ1) is 20.6. The summed E-state index contributed by atoms with van der Waals surface area (Å²) in [5, 5.41) is 4.06. The fourth-order valence-corrected chi connectivity index (χ4v) is 3.43. The molecule has 0 spiro atoms. The molecular formula is C19H28ClN3O3. The summed E-state index contributed by atoms with van der Waals surface area (Å²) in [5.41, 5.74) is 6.31. The van der Waals surface area contributed by atoms with Gasteiger partial charge in [0.1, 0.15) is 17.1 Å². The topological polar surface area (TPSA) is 80.7 Å². The third kappa shape index (κ3) is 5.13. The number of methoxy groups -OCH3 is 1. The van der Waals surface area contributed by atoms with Crippen molar-refractivity contribution in [2.75, 3.05) is 26.7 Å². The largest absolute Gasteiger partial charge is 0.497 e. The first-order chi connectivity index (χ1) is 12.2. The number of hydrogen-bond acceptors (Lipinski definition) is 5. The summed E-state index contributed by atoms with van der Waals surface area (Å²) in [4.78, 5) is 14.1. The molecule has 26 heavy (non-hydrogen) atoms. The van der Waals surface area contributed by atoms with Crippen molar-refractivity contribution in [1.29, 1.82) is 0 Å². The minimum absolute atomic E-state index is 0. The molecule has 0 saturated carbocycles. The Morgan fingerprint density at radius 2 is 2.23 bits per heavy atom. The Morgan fingerprint density at radius 3 is 3.00 bits per heavy atom. The highest BCUT2D eigenvalue weighted by atomic mass is 35.5. The molecule has 1 aromatic heterocycles. The summed E-state index contributed by atoms with van der Waals surface area (Å²) in [6, 6.07) is 8.27. The third-order valence-corrected chi connectivity index (χ3v) is 4.79. The number of likely N-dealkylation sites (tertiary alicyclic amines) is 1. The molecule has 1 unspecified atom stereocenters. The van der Waals surface area contributed by atoms with Crippen LogP contribution in [0, 0.1) is 0 Å². The fourth-order valence-electron chi connectivity index (χ4n) is 3.43. The highest BCUT2D eigenvalue weighted by Crippen LogP contribution is 2.26. The van der Waals surface area contributed by atoms with E-state index in [4.69, 9.17) is 14.9 Å². The number of hydrogen-bond donors (Lipinski definition) is 2. The van der Waals surface area contributed by atoms with Crippen LogP contribution in [0.25, 0.3) is 11.0 Å². The van der Waals surface area contributed by atoms with Crippen molar-refractivity contribution >= 4 is 29.3 Å². The molecule has 1 atom stereocenters. The van der Waals surface area contributed by atoms with Gasteiger partial charge in [-0.3, -0.25) is 9.69 Å². The molecule has 3 rings (SSSR count). The van der Waals surface area contributed by atoms with E-state index in [0.29, 0.717) is 25.6 Å². The van der Waals surface area contributed by atoms with Crippen molar-refractivity contribution in [3.8, 4) is 5.75 Å². The number of nitrogens with two attached hydrogens (primary N) is 1. The molecule has 6 nitrogen and oxygen atoms in total. The number of piperidine rings is 1. The highest BCUT2D eigenvalue weighted by Gasteiger charge is 2.24. The van der Waals surface area contributed by atoms with Crippen LogP contribution in [-0.2, 0) is 11.3 Å². The van der Waals surface area contributed by atoms with E-state index in [1.54, 1.807) is 7.11 Å². The molecule has 1 aromatic carbocycles. The second-order valence-electron chi connectivity index (χ2n) is 6.58. The summed E-state index contributed by atoms with van der Waals surface area (Å²) < 4.78 is 11.3. The molecule has 7 heteroatoms. The zero-order valence-electron chi connectivity index (χ0n) is 15.2. The molecule has 1 aliphatic rings. The molecule has 1 amide bonds. The quantitative estimate of drug-likeness (QED) is 0.770. The Bertz CT molecular complexity index is 719. The van der Waals surface area contributed by atoms with Gasteiger partial charge in [-0.2, -0.15) is 0 Å². The number of fused-ring (bicyclic) bond motifs is 1. The monoisotopic (exact) mass is 381 g/mol. The van der Waals surface area contributed by atoms with Crippen LogP contribution in [0.2, 0.25) is 0 Å². The standard InChI is InChI=1S/C19H27N3O3.ClH/c1-24-16-5-6-18-14(10-16)11-17(25-18)13-22-9-3-2-4-15(22)12-21-19(23)7-8-20;/h5-6,10-11,15H,2-4,7-9,12-13,20H2,1H3,(H,21,23);1H. The zero-order valence-corrected chi connectivity index (χ0v) is 16.0. The lowest BCUT2D eigenvalue weighted by atomic mass is 10.0. The number of nitrogens with one attached hydrogen (secondary N) is 1. The molecule has 0 radical (unpaired) electrons. The van der Waals surface area contributed by atoms with Crippen molar-refractivity contribution in [2.24, 2.45) is 5.73 Å². The number of rotatable bonds is 7. The summed E-state index contributed by atoms with van der Waals surface area (Å²) >= 11 is 0. The number of furan rings is 1. The van der Waals surface area contributed by atoms with Crippen LogP contribution in [0.3, 0.4) is 0 Å². The minimum atomic E-state index is 0. The Hall–Kier alpha value is -1.76. The number of amides is 1. The van der Waals surface area contributed by atoms with Gasteiger partial charge in [0.05, 0.1) is 13.7 Å². The molecule has 0 aliphatic carbocycles. The number of carbonyl (C=O) groups excluding carboxylic acids is 1. The van der Waals surface area contributed by atoms with Crippen molar-refractivity contribution < 1.29 is 13.9 Å². The van der Waals surface area contributed by atoms with Crippen molar-refractivity contribution in [3.05, 3.63) is 30.0 Å². The number of nitrogens with zero attached hydrogens (tertiary/aromatic N) is 1. The fraction of sp³-hybridized carbons (Fsp3) is 0.526. The van der Waals surface area contributed by atoms with Crippen LogP contribution < -0.4 is 15.8 Å². The summed E-state index contributed by atoms with van der Waals surface area (Å²) in [6.07, 6.45) is 3.86. The maximum atomic E-state index is 11.7. The molecule has 3 N–H and O–H groups in total. The lowest BCUT2D eigenvalue weighted by molar-refractivity contribution is -0.121. The second kappa shape index (κ2) is 9.80. The van der Waals surface area contributed by atoms with Gasteiger partial charge in [0.2, 0.25) is 5.91 Å². The van der Waals surface area contributed by atoms with E-state index in [0.717, 1.165) is 42.0 Å². The van der Waals surface area contributed by atoms with E-state index in [1.807, 2.05) is 18.2 Å². The van der Waals surface area contributed by atoms with Gasteiger partial charge in [0.15, 0.2) is 0 Å². The van der Waals surface area contributed by atoms with Gasteiger partial charge in [-0.25, -0.2) is 0 Å². The molecule has 1 saturated heterocycles. The van der Waals surface area contributed by atoms with Crippen LogP contribution in [0.5, 0.6) is 5.75 Å². The van der Waals surface area contributed by atoms with Crippen molar-refractivity contribution in [3.63, 3.8) is 0 Å². The van der Waals surface area contributed by atoms with Gasteiger partial charge in [-0.1, -0.05) is 6.42 Å². The maximum Gasteiger partial charge on any atom is 0.221 e. The van der Waals surface area contributed by atoms with E-state index >= 15 is 0 Å². The normalized spacial score (nSPS) is 17.7. The number of ether oxygens (including phenoxy) is 1. The zero-order chi connectivity index (χ0) is 17.6. The average Bonchev–Trinajstić information content (AvgIpc) is 3.02. The van der Waals surface area contributed by atoms with E-state index in [2.05, 4.69) is 16.3 Å². The molecule has 2 aromatic rings.